The van der Waals surface area contributed by atoms with Gasteiger partial charge in [-0.05, 0) is 29.8 Å². The highest BCUT2D eigenvalue weighted by atomic mass is 35.5. The summed E-state index contributed by atoms with van der Waals surface area (Å²) in [4.78, 5) is 18.0. The van der Waals surface area contributed by atoms with Crippen molar-refractivity contribution in [3.05, 3.63) is 64.4 Å². The Kier molecular flexibility index (Phi) is 4.71. The molecule has 104 valence electrons. The van der Waals surface area contributed by atoms with Gasteiger partial charge in [-0.2, -0.15) is 0 Å². The summed E-state index contributed by atoms with van der Waals surface area (Å²) in [6.45, 7) is 0.846. The van der Waals surface area contributed by atoms with E-state index in [4.69, 9.17) is 17.3 Å². The van der Waals surface area contributed by atoms with Crippen molar-refractivity contribution in [2.45, 2.75) is 13.1 Å². The Morgan fingerprint density at radius 3 is 2.65 bits per heavy atom. The van der Waals surface area contributed by atoms with Crippen molar-refractivity contribution < 1.29 is 4.79 Å². The van der Waals surface area contributed by atoms with Crippen molar-refractivity contribution in [1.29, 1.82) is 0 Å². The fraction of sp³-hybridized carbons (Fsp3) is 0.200. The first-order valence-corrected chi connectivity index (χ1v) is 6.63. The highest BCUT2D eigenvalue weighted by Gasteiger charge is 2.12. The van der Waals surface area contributed by atoms with Crippen LogP contribution < -0.4 is 5.73 Å². The Balaban J connectivity index is 2.09. The van der Waals surface area contributed by atoms with Gasteiger partial charge in [0.25, 0.3) is 5.91 Å². The molecule has 0 spiro atoms. The van der Waals surface area contributed by atoms with Crippen LogP contribution in [0.1, 0.15) is 21.6 Å². The third-order valence-corrected chi connectivity index (χ3v) is 3.20. The number of hydrogen-bond donors (Lipinski definition) is 1. The Hall–Kier alpha value is -1.91. The predicted molar refractivity (Wildman–Crippen MR) is 79.4 cm³/mol. The number of amides is 1. The average molecular weight is 290 g/mol. The zero-order valence-electron chi connectivity index (χ0n) is 11.2. The molecule has 0 aliphatic carbocycles. The van der Waals surface area contributed by atoms with E-state index in [-0.39, 0.29) is 5.91 Å². The maximum absolute atomic E-state index is 12.3. The van der Waals surface area contributed by atoms with E-state index in [2.05, 4.69) is 4.98 Å². The highest BCUT2D eigenvalue weighted by Crippen LogP contribution is 2.12. The van der Waals surface area contributed by atoms with Crippen LogP contribution in [0.4, 0.5) is 0 Å². The molecule has 1 heterocycles. The third-order valence-electron chi connectivity index (χ3n) is 2.95. The second-order valence-electron chi connectivity index (χ2n) is 4.53. The minimum atomic E-state index is -0.0583. The molecule has 4 nitrogen and oxygen atoms in total. The molecular formula is C15H16ClN3O. The largest absolute Gasteiger partial charge is 0.337 e. The van der Waals surface area contributed by atoms with Crippen LogP contribution in [0, 0.1) is 0 Å². The number of rotatable bonds is 4. The van der Waals surface area contributed by atoms with Gasteiger partial charge in [0, 0.05) is 36.9 Å². The van der Waals surface area contributed by atoms with Crippen LogP contribution in [0.5, 0.6) is 0 Å². The molecule has 20 heavy (non-hydrogen) atoms. The molecule has 1 aromatic carbocycles. The van der Waals surface area contributed by atoms with Gasteiger partial charge in [-0.15, -0.1) is 0 Å². The van der Waals surface area contributed by atoms with E-state index >= 15 is 0 Å². The summed E-state index contributed by atoms with van der Waals surface area (Å²) >= 11 is 5.84. The summed E-state index contributed by atoms with van der Waals surface area (Å²) in [5, 5.41) is 0.685. The minimum Gasteiger partial charge on any atom is -0.337 e. The lowest BCUT2D eigenvalue weighted by atomic mass is 10.1. The number of pyridine rings is 1. The molecule has 0 saturated carbocycles. The summed E-state index contributed by atoms with van der Waals surface area (Å²) < 4.78 is 0. The lowest BCUT2D eigenvalue weighted by Gasteiger charge is -2.17. The summed E-state index contributed by atoms with van der Waals surface area (Å²) in [5.74, 6) is -0.0583. The monoisotopic (exact) mass is 289 g/mol. The molecule has 0 aliphatic rings. The lowest BCUT2D eigenvalue weighted by molar-refractivity contribution is 0.0785. The maximum atomic E-state index is 12.3. The number of nitrogens with two attached hydrogens (primary N) is 1. The van der Waals surface area contributed by atoms with E-state index in [1.165, 1.54) is 0 Å². The molecule has 0 unspecified atom stereocenters. The number of carbonyl (C=O) groups is 1. The highest BCUT2D eigenvalue weighted by molar-refractivity contribution is 6.30. The standard InChI is InChI=1S/C15H16ClN3O/c1-19(10-11-2-4-13(16)5-3-11)15(20)12-6-7-18-14(8-12)9-17/h2-8H,9-10,17H2,1H3. The predicted octanol–water partition coefficient (Wildman–Crippen LogP) is 2.47. The molecule has 0 fully saturated rings. The van der Waals surface area contributed by atoms with Gasteiger partial charge in [0.1, 0.15) is 0 Å². The topological polar surface area (TPSA) is 59.2 Å². The van der Waals surface area contributed by atoms with Crippen molar-refractivity contribution in [3.63, 3.8) is 0 Å². The van der Waals surface area contributed by atoms with Crippen molar-refractivity contribution in [1.82, 2.24) is 9.88 Å². The first kappa shape index (κ1) is 14.5. The van der Waals surface area contributed by atoms with E-state index in [0.29, 0.717) is 29.4 Å². The number of halogens is 1. The minimum absolute atomic E-state index is 0.0583. The van der Waals surface area contributed by atoms with Crippen molar-refractivity contribution >= 4 is 17.5 Å². The summed E-state index contributed by atoms with van der Waals surface area (Å²) in [5.41, 5.74) is 7.86. The van der Waals surface area contributed by atoms with E-state index < -0.39 is 0 Å². The molecule has 1 amide bonds. The number of hydrogen-bond acceptors (Lipinski definition) is 3. The van der Waals surface area contributed by atoms with Crippen molar-refractivity contribution in [2.24, 2.45) is 5.73 Å². The van der Waals surface area contributed by atoms with Crippen LogP contribution in [-0.2, 0) is 13.1 Å². The van der Waals surface area contributed by atoms with Gasteiger partial charge in [0.15, 0.2) is 0 Å². The Labute approximate surface area is 123 Å². The number of aromatic nitrogens is 1. The van der Waals surface area contributed by atoms with Gasteiger partial charge >= 0.3 is 0 Å². The Bertz CT molecular complexity index is 598. The van der Waals surface area contributed by atoms with Crippen LogP contribution >= 0.6 is 11.6 Å². The van der Waals surface area contributed by atoms with Crippen LogP contribution in [0.15, 0.2) is 42.6 Å². The smallest absolute Gasteiger partial charge is 0.254 e. The summed E-state index contributed by atoms with van der Waals surface area (Å²) in [7, 11) is 1.76. The van der Waals surface area contributed by atoms with Crippen LogP contribution in [-0.4, -0.2) is 22.8 Å². The van der Waals surface area contributed by atoms with Crippen LogP contribution in [0.25, 0.3) is 0 Å². The van der Waals surface area contributed by atoms with E-state index in [1.807, 2.05) is 24.3 Å². The SMILES string of the molecule is CN(Cc1ccc(Cl)cc1)C(=O)c1ccnc(CN)c1. The molecular weight excluding hydrogens is 274 g/mol. The third kappa shape index (κ3) is 3.56. The molecule has 5 heteroatoms. The zero-order valence-corrected chi connectivity index (χ0v) is 12.0. The van der Waals surface area contributed by atoms with E-state index in [9.17, 15) is 4.79 Å². The second-order valence-corrected chi connectivity index (χ2v) is 4.96. The quantitative estimate of drug-likeness (QED) is 0.940. The maximum Gasteiger partial charge on any atom is 0.254 e. The molecule has 0 aliphatic heterocycles. The van der Waals surface area contributed by atoms with Crippen LogP contribution in [0.2, 0.25) is 5.02 Å². The summed E-state index contributed by atoms with van der Waals surface area (Å²) in [6.07, 6.45) is 1.60. The molecule has 2 aromatic rings. The summed E-state index contributed by atoms with van der Waals surface area (Å²) in [6, 6.07) is 10.9. The molecule has 0 atom stereocenters. The Morgan fingerprint density at radius 1 is 1.30 bits per heavy atom. The zero-order chi connectivity index (χ0) is 14.5. The second kappa shape index (κ2) is 6.50. The average Bonchev–Trinajstić information content (AvgIpc) is 2.48. The molecule has 2 rings (SSSR count). The first-order chi connectivity index (χ1) is 9.60. The lowest BCUT2D eigenvalue weighted by Crippen LogP contribution is -2.26. The van der Waals surface area contributed by atoms with Crippen molar-refractivity contribution in [2.75, 3.05) is 7.05 Å². The molecule has 0 saturated heterocycles. The van der Waals surface area contributed by atoms with Gasteiger partial charge in [-0.1, -0.05) is 23.7 Å². The van der Waals surface area contributed by atoms with Gasteiger partial charge in [0.2, 0.25) is 0 Å². The molecule has 0 bridgehead atoms. The normalized spacial score (nSPS) is 10.3. The van der Waals surface area contributed by atoms with E-state index in [1.54, 1.807) is 30.3 Å². The molecule has 0 radical (unpaired) electrons. The molecule has 2 N–H and O–H groups in total. The number of carbonyl (C=O) groups excluding carboxylic acids is 1. The molecule has 1 aromatic heterocycles. The van der Waals surface area contributed by atoms with Gasteiger partial charge in [-0.3, -0.25) is 9.78 Å². The fourth-order valence-corrected chi connectivity index (χ4v) is 2.00. The Morgan fingerprint density at radius 2 is 2.00 bits per heavy atom. The van der Waals surface area contributed by atoms with E-state index in [0.717, 1.165) is 5.56 Å². The van der Waals surface area contributed by atoms with Crippen molar-refractivity contribution in [3.8, 4) is 0 Å². The first-order valence-electron chi connectivity index (χ1n) is 6.25. The number of nitrogens with zero attached hydrogens (tertiary/aromatic N) is 2. The number of benzene rings is 1. The fourth-order valence-electron chi connectivity index (χ4n) is 1.88. The van der Waals surface area contributed by atoms with Gasteiger partial charge in [0.05, 0.1) is 5.69 Å². The van der Waals surface area contributed by atoms with Gasteiger partial charge < -0.3 is 10.6 Å². The van der Waals surface area contributed by atoms with Crippen LogP contribution in [0.3, 0.4) is 0 Å². The van der Waals surface area contributed by atoms with Gasteiger partial charge in [-0.25, -0.2) is 0 Å².